The van der Waals surface area contributed by atoms with Crippen molar-refractivity contribution in [2.24, 2.45) is 16.1 Å². The smallest absolute Gasteiger partial charge is 0.109 e. The number of fused-ring (bicyclic) bond motifs is 1. The molecule has 1 unspecified atom stereocenters. The Kier molecular flexibility index (Phi) is 5.11. The van der Waals surface area contributed by atoms with Gasteiger partial charge in [0.25, 0.3) is 0 Å². The lowest BCUT2D eigenvalue weighted by Crippen LogP contribution is -2.33. The second kappa shape index (κ2) is 7.87. The fourth-order valence-corrected chi connectivity index (χ4v) is 5.09. The fourth-order valence-electron chi connectivity index (χ4n) is 4.75. The standard InChI is InChI=1S/C24H28ClN3/c25-23-22(28-14-12-19(13-15-28)18-4-2-1-3-5-18)11-9-20-8-10-21(16-17-6-7-17)26-27-24(20)23/h1-5,9,11,17,19,21H,6-8,10,12-16H2. The Hall–Kier alpha value is -1.87. The number of azo groups is 1. The van der Waals surface area contributed by atoms with E-state index in [9.17, 15) is 0 Å². The minimum Gasteiger partial charge on any atom is -0.370 e. The van der Waals surface area contributed by atoms with Crippen LogP contribution in [0.3, 0.4) is 0 Å². The summed E-state index contributed by atoms with van der Waals surface area (Å²) in [5.74, 6) is 1.54. The third-order valence-electron chi connectivity index (χ3n) is 6.66. The quantitative estimate of drug-likeness (QED) is 0.553. The minimum atomic E-state index is 0.376. The number of benzene rings is 2. The Balaban J connectivity index is 1.31. The van der Waals surface area contributed by atoms with Crippen molar-refractivity contribution in [1.29, 1.82) is 0 Å². The van der Waals surface area contributed by atoms with Gasteiger partial charge in [-0.05, 0) is 61.1 Å². The molecule has 3 nitrogen and oxygen atoms in total. The lowest BCUT2D eigenvalue weighted by Gasteiger charge is -2.34. The van der Waals surface area contributed by atoms with Crippen LogP contribution in [0.15, 0.2) is 52.7 Å². The number of hydrogen-bond acceptors (Lipinski definition) is 3. The summed E-state index contributed by atoms with van der Waals surface area (Å²) in [7, 11) is 0. The van der Waals surface area contributed by atoms with Crippen LogP contribution in [0.25, 0.3) is 0 Å². The Bertz CT molecular complexity index is 852. The van der Waals surface area contributed by atoms with E-state index in [-0.39, 0.29) is 0 Å². The van der Waals surface area contributed by atoms with Gasteiger partial charge in [0.1, 0.15) is 5.69 Å². The number of rotatable bonds is 4. The van der Waals surface area contributed by atoms with Gasteiger partial charge in [-0.25, -0.2) is 0 Å². The Morgan fingerprint density at radius 3 is 2.46 bits per heavy atom. The predicted molar refractivity (Wildman–Crippen MR) is 116 cm³/mol. The average molecular weight is 394 g/mol. The van der Waals surface area contributed by atoms with Gasteiger partial charge in [-0.2, -0.15) is 10.2 Å². The zero-order valence-electron chi connectivity index (χ0n) is 16.4. The summed E-state index contributed by atoms with van der Waals surface area (Å²) in [5.41, 5.74) is 4.77. The first-order chi connectivity index (χ1) is 13.8. The summed E-state index contributed by atoms with van der Waals surface area (Å²) in [6.45, 7) is 2.08. The molecule has 2 aliphatic heterocycles. The summed E-state index contributed by atoms with van der Waals surface area (Å²) in [5, 5.41) is 10.1. The SMILES string of the molecule is Clc1c(N2CCC(c3ccccc3)CC2)ccc2c1N=NC(CC1CC1)CC2. The summed E-state index contributed by atoms with van der Waals surface area (Å²) in [4.78, 5) is 2.43. The van der Waals surface area contributed by atoms with Crippen molar-refractivity contribution in [3.63, 3.8) is 0 Å². The van der Waals surface area contributed by atoms with Crippen LogP contribution in [0.2, 0.25) is 5.02 Å². The molecule has 2 aromatic rings. The van der Waals surface area contributed by atoms with Crippen molar-refractivity contribution in [1.82, 2.24) is 0 Å². The molecule has 1 atom stereocenters. The first kappa shape index (κ1) is 18.2. The molecule has 1 saturated heterocycles. The maximum Gasteiger partial charge on any atom is 0.109 e. The number of halogens is 1. The van der Waals surface area contributed by atoms with E-state index in [1.54, 1.807) is 0 Å². The molecule has 4 heteroatoms. The molecule has 5 rings (SSSR count). The molecule has 1 saturated carbocycles. The molecule has 2 heterocycles. The zero-order valence-corrected chi connectivity index (χ0v) is 17.1. The molecule has 0 spiro atoms. The molecule has 3 aliphatic rings. The molecule has 146 valence electrons. The zero-order chi connectivity index (χ0) is 18.9. The highest BCUT2D eigenvalue weighted by atomic mass is 35.5. The van der Waals surface area contributed by atoms with Gasteiger partial charge < -0.3 is 4.90 Å². The number of hydrogen-bond donors (Lipinski definition) is 0. The maximum absolute atomic E-state index is 6.86. The highest BCUT2D eigenvalue weighted by molar-refractivity contribution is 6.35. The van der Waals surface area contributed by atoms with Crippen molar-refractivity contribution in [2.75, 3.05) is 18.0 Å². The van der Waals surface area contributed by atoms with E-state index < -0.39 is 0 Å². The Morgan fingerprint density at radius 1 is 0.929 bits per heavy atom. The average Bonchev–Trinajstić information content (AvgIpc) is 3.57. The van der Waals surface area contributed by atoms with E-state index >= 15 is 0 Å². The van der Waals surface area contributed by atoms with E-state index in [1.807, 2.05) is 0 Å². The van der Waals surface area contributed by atoms with Crippen molar-refractivity contribution in [3.05, 3.63) is 58.6 Å². The lowest BCUT2D eigenvalue weighted by molar-refractivity contribution is 0.505. The maximum atomic E-state index is 6.86. The first-order valence-corrected chi connectivity index (χ1v) is 11.2. The van der Waals surface area contributed by atoms with E-state index in [0.29, 0.717) is 12.0 Å². The summed E-state index contributed by atoms with van der Waals surface area (Å²) >= 11 is 6.86. The summed E-state index contributed by atoms with van der Waals surface area (Å²) < 4.78 is 0. The van der Waals surface area contributed by atoms with E-state index in [0.717, 1.165) is 48.2 Å². The summed E-state index contributed by atoms with van der Waals surface area (Å²) in [6.07, 6.45) is 8.44. The molecule has 0 amide bonds. The van der Waals surface area contributed by atoms with Gasteiger partial charge in [0.2, 0.25) is 0 Å². The predicted octanol–water partition coefficient (Wildman–Crippen LogP) is 6.92. The third-order valence-corrected chi connectivity index (χ3v) is 7.03. The molecule has 0 N–H and O–H groups in total. The molecular formula is C24H28ClN3. The van der Waals surface area contributed by atoms with E-state index in [2.05, 4.69) is 57.6 Å². The third kappa shape index (κ3) is 3.82. The van der Waals surface area contributed by atoms with Crippen LogP contribution in [0.4, 0.5) is 11.4 Å². The molecular weight excluding hydrogens is 366 g/mol. The minimum absolute atomic E-state index is 0.376. The lowest BCUT2D eigenvalue weighted by atomic mass is 9.89. The van der Waals surface area contributed by atoms with Gasteiger partial charge >= 0.3 is 0 Å². The van der Waals surface area contributed by atoms with E-state index in [4.69, 9.17) is 11.6 Å². The molecule has 0 bridgehead atoms. The fraction of sp³-hybridized carbons (Fsp3) is 0.500. The molecule has 0 radical (unpaired) electrons. The Labute approximate surface area is 172 Å². The van der Waals surface area contributed by atoms with Crippen molar-refractivity contribution < 1.29 is 0 Å². The van der Waals surface area contributed by atoms with Gasteiger partial charge in [-0.3, -0.25) is 0 Å². The van der Waals surface area contributed by atoms with Crippen LogP contribution < -0.4 is 4.90 Å². The van der Waals surface area contributed by atoms with Crippen LogP contribution in [-0.2, 0) is 6.42 Å². The van der Waals surface area contributed by atoms with Crippen LogP contribution in [-0.4, -0.2) is 19.1 Å². The largest absolute Gasteiger partial charge is 0.370 e. The van der Waals surface area contributed by atoms with Crippen molar-refractivity contribution in [2.45, 2.75) is 56.9 Å². The second-order valence-electron chi connectivity index (χ2n) is 8.67. The Morgan fingerprint density at radius 2 is 1.71 bits per heavy atom. The van der Waals surface area contributed by atoms with Crippen molar-refractivity contribution in [3.8, 4) is 0 Å². The van der Waals surface area contributed by atoms with Crippen LogP contribution >= 0.6 is 11.6 Å². The van der Waals surface area contributed by atoms with Gasteiger partial charge in [0.15, 0.2) is 0 Å². The van der Waals surface area contributed by atoms with Crippen LogP contribution in [0, 0.1) is 5.92 Å². The van der Waals surface area contributed by atoms with Gasteiger partial charge in [0.05, 0.1) is 16.8 Å². The van der Waals surface area contributed by atoms with E-state index in [1.165, 1.54) is 43.2 Å². The number of nitrogens with zero attached hydrogens (tertiary/aromatic N) is 3. The molecule has 2 aromatic carbocycles. The topological polar surface area (TPSA) is 28.0 Å². The molecule has 2 fully saturated rings. The molecule has 0 aromatic heterocycles. The highest BCUT2D eigenvalue weighted by Crippen LogP contribution is 2.43. The number of anilines is 1. The molecule has 28 heavy (non-hydrogen) atoms. The van der Waals surface area contributed by atoms with Gasteiger partial charge in [-0.1, -0.05) is 60.8 Å². The van der Waals surface area contributed by atoms with Gasteiger partial charge in [0, 0.05) is 13.1 Å². The first-order valence-electron chi connectivity index (χ1n) is 10.8. The van der Waals surface area contributed by atoms with Crippen molar-refractivity contribution >= 4 is 23.0 Å². The number of piperidine rings is 1. The van der Waals surface area contributed by atoms with Crippen LogP contribution in [0.1, 0.15) is 55.6 Å². The second-order valence-corrected chi connectivity index (χ2v) is 9.04. The van der Waals surface area contributed by atoms with Gasteiger partial charge in [-0.15, -0.1) is 0 Å². The summed E-state index contributed by atoms with van der Waals surface area (Å²) in [6, 6.07) is 15.7. The van der Waals surface area contributed by atoms with Crippen LogP contribution in [0.5, 0.6) is 0 Å². The number of aryl methyl sites for hydroxylation is 1. The monoisotopic (exact) mass is 393 g/mol. The normalized spacial score (nSPS) is 22.8. The molecule has 1 aliphatic carbocycles. The highest BCUT2D eigenvalue weighted by Gasteiger charge is 2.28.